The fourth-order valence-corrected chi connectivity index (χ4v) is 2.43. The molecule has 1 aliphatic heterocycles. The number of nitrogens with two attached hydrogens (primary N) is 1. The molecule has 0 spiro atoms. The molecule has 0 bridgehead atoms. The largest absolute Gasteiger partial charge is 0.378 e. The first kappa shape index (κ1) is 12.9. The van der Waals surface area contributed by atoms with Gasteiger partial charge in [0.05, 0.1) is 6.10 Å². The third-order valence-electron chi connectivity index (χ3n) is 3.45. The van der Waals surface area contributed by atoms with E-state index in [2.05, 4.69) is 6.07 Å². The van der Waals surface area contributed by atoms with E-state index < -0.39 is 0 Å². The molecule has 2 N–H and O–H groups in total. The molecular formula is C14H20ClNO. The molecule has 2 rings (SSSR count). The van der Waals surface area contributed by atoms with Crippen molar-refractivity contribution in [2.24, 2.45) is 5.73 Å². The summed E-state index contributed by atoms with van der Waals surface area (Å²) in [5.41, 5.74) is 8.40. The molecule has 2 atom stereocenters. The summed E-state index contributed by atoms with van der Waals surface area (Å²) in [5.74, 6) is 0. The van der Waals surface area contributed by atoms with Crippen LogP contribution in [0.25, 0.3) is 0 Å². The zero-order chi connectivity index (χ0) is 12.3. The van der Waals surface area contributed by atoms with E-state index in [1.54, 1.807) is 0 Å². The van der Waals surface area contributed by atoms with E-state index in [1.807, 2.05) is 19.1 Å². The van der Waals surface area contributed by atoms with Crippen molar-refractivity contribution >= 4 is 11.6 Å². The summed E-state index contributed by atoms with van der Waals surface area (Å²) in [6, 6.07) is 6.15. The molecule has 1 saturated heterocycles. The standard InChI is InChI=1S/C14H20ClNO/c1-10-4-5-11(9-13(10)15)14(16)7-6-12-3-2-8-17-12/h4-5,9,12,14H,2-3,6-8,16H2,1H3. The van der Waals surface area contributed by atoms with Gasteiger partial charge in [-0.05, 0) is 49.8 Å². The topological polar surface area (TPSA) is 35.2 Å². The molecule has 0 aliphatic carbocycles. The minimum Gasteiger partial charge on any atom is -0.378 e. The van der Waals surface area contributed by atoms with E-state index in [0.29, 0.717) is 6.10 Å². The normalized spacial score (nSPS) is 21.7. The molecule has 2 nitrogen and oxygen atoms in total. The van der Waals surface area contributed by atoms with Gasteiger partial charge in [-0.3, -0.25) is 0 Å². The van der Waals surface area contributed by atoms with Crippen LogP contribution in [-0.2, 0) is 4.74 Å². The van der Waals surface area contributed by atoms with Crippen molar-refractivity contribution in [2.45, 2.75) is 44.8 Å². The van der Waals surface area contributed by atoms with Gasteiger partial charge in [0.1, 0.15) is 0 Å². The Morgan fingerprint density at radius 1 is 1.53 bits per heavy atom. The second kappa shape index (κ2) is 5.85. The van der Waals surface area contributed by atoms with E-state index in [9.17, 15) is 0 Å². The van der Waals surface area contributed by atoms with Crippen molar-refractivity contribution in [3.05, 3.63) is 34.3 Å². The minimum absolute atomic E-state index is 0.0669. The van der Waals surface area contributed by atoms with Crippen molar-refractivity contribution in [3.8, 4) is 0 Å². The lowest BCUT2D eigenvalue weighted by Crippen LogP contribution is -2.14. The average molecular weight is 254 g/mol. The quantitative estimate of drug-likeness (QED) is 0.890. The van der Waals surface area contributed by atoms with Crippen molar-refractivity contribution in [2.75, 3.05) is 6.61 Å². The first-order valence-corrected chi connectivity index (χ1v) is 6.68. The van der Waals surface area contributed by atoms with E-state index in [-0.39, 0.29) is 6.04 Å². The van der Waals surface area contributed by atoms with Gasteiger partial charge < -0.3 is 10.5 Å². The molecule has 1 heterocycles. The summed E-state index contributed by atoms with van der Waals surface area (Å²) < 4.78 is 5.60. The Labute approximate surface area is 108 Å². The van der Waals surface area contributed by atoms with Crippen LogP contribution in [0.15, 0.2) is 18.2 Å². The van der Waals surface area contributed by atoms with E-state index in [1.165, 1.54) is 12.8 Å². The van der Waals surface area contributed by atoms with Crippen molar-refractivity contribution in [1.82, 2.24) is 0 Å². The number of halogens is 1. The van der Waals surface area contributed by atoms with Crippen LogP contribution >= 0.6 is 11.6 Å². The van der Waals surface area contributed by atoms with Crippen LogP contribution in [0.2, 0.25) is 5.02 Å². The molecule has 1 aliphatic rings. The van der Waals surface area contributed by atoms with Gasteiger partial charge in [0.25, 0.3) is 0 Å². The van der Waals surface area contributed by atoms with Crippen LogP contribution in [0.5, 0.6) is 0 Å². The van der Waals surface area contributed by atoms with Gasteiger partial charge in [0.2, 0.25) is 0 Å². The Kier molecular flexibility index (Phi) is 4.43. The highest BCUT2D eigenvalue weighted by molar-refractivity contribution is 6.31. The fraction of sp³-hybridized carbons (Fsp3) is 0.571. The molecule has 94 valence electrons. The highest BCUT2D eigenvalue weighted by Gasteiger charge is 2.17. The summed E-state index contributed by atoms with van der Waals surface area (Å²) in [6.45, 7) is 2.92. The molecule has 0 amide bonds. The summed E-state index contributed by atoms with van der Waals surface area (Å²) in [7, 11) is 0. The molecule has 3 heteroatoms. The molecule has 2 unspecified atom stereocenters. The molecule has 17 heavy (non-hydrogen) atoms. The van der Waals surface area contributed by atoms with Gasteiger partial charge >= 0.3 is 0 Å². The monoisotopic (exact) mass is 253 g/mol. The molecule has 0 aromatic heterocycles. The number of hydrogen-bond donors (Lipinski definition) is 1. The van der Waals surface area contributed by atoms with Gasteiger partial charge in [-0.15, -0.1) is 0 Å². The maximum Gasteiger partial charge on any atom is 0.0576 e. The zero-order valence-electron chi connectivity index (χ0n) is 10.3. The Morgan fingerprint density at radius 2 is 2.35 bits per heavy atom. The number of benzene rings is 1. The van der Waals surface area contributed by atoms with Gasteiger partial charge in [-0.25, -0.2) is 0 Å². The molecule has 0 radical (unpaired) electrons. The molecule has 1 fully saturated rings. The lowest BCUT2D eigenvalue weighted by atomic mass is 9.99. The lowest BCUT2D eigenvalue weighted by Gasteiger charge is -2.15. The number of ether oxygens (including phenoxy) is 1. The Balaban J connectivity index is 1.89. The maximum absolute atomic E-state index is 6.18. The second-order valence-electron chi connectivity index (χ2n) is 4.83. The summed E-state index contributed by atoms with van der Waals surface area (Å²) in [5, 5.41) is 0.801. The highest BCUT2D eigenvalue weighted by Crippen LogP contribution is 2.25. The van der Waals surface area contributed by atoms with Crippen molar-refractivity contribution in [3.63, 3.8) is 0 Å². The maximum atomic E-state index is 6.18. The van der Waals surface area contributed by atoms with Gasteiger partial charge in [0.15, 0.2) is 0 Å². The van der Waals surface area contributed by atoms with Gasteiger partial charge in [-0.2, -0.15) is 0 Å². The average Bonchev–Trinajstić information content (AvgIpc) is 2.82. The van der Waals surface area contributed by atoms with Gasteiger partial charge in [0, 0.05) is 17.7 Å². The smallest absolute Gasteiger partial charge is 0.0576 e. The number of rotatable bonds is 4. The lowest BCUT2D eigenvalue weighted by molar-refractivity contribution is 0.101. The Hall–Kier alpha value is -0.570. The molecule has 1 aromatic rings. The van der Waals surface area contributed by atoms with Crippen LogP contribution in [-0.4, -0.2) is 12.7 Å². The van der Waals surface area contributed by atoms with Crippen LogP contribution in [0.1, 0.15) is 42.9 Å². The summed E-state index contributed by atoms with van der Waals surface area (Å²) in [6.07, 6.45) is 4.80. The number of hydrogen-bond acceptors (Lipinski definition) is 2. The third kappa shape index (κ3) is 3.44. The van der Waals surface area contributed by atoms with E-state index in [4.69, 9.17) is 22.1 Å². The highest BCUT2D eigenvalue weighted by atomic mass is 35.5. The predicted octanol–water partition coefficient (Wildman–Crippen LogP) is 3.61. The number of aryl methyl sites for hydroxylation is 1. The van der Waals surface area contributed by atoms with Crippen LogP contribution in [0, 0.1) is 6.92 Å². The van der Waals surface area contributed by atoms with Crippen LogP contribution in [0.3, 0.4) is 0 Å². The van der Waals surface area contributed by atoms with E-state index in [0.717, 1.165) is 35.6 Å². The Morgan fingerprint density at radius 3 is 3.00 bits per heavy atom. The first-order chi connectivity index (χ1) is 8.16. The molecular weight excluding hydrogens is 234 g/mol. The molecule has 0 saturated carbocycles. The van der Waals surface area contributed by atoms with Crippen LogP contribution in [0.4, 0.5) is 0 Å². The van der Waals surface area contributed by atoms with Crippen LogP contribution < -0.4 is 5.73 Å². The first-order valence-electron chi connectivity index (χ1n) is 6.30. The molecule has 1 aromatic carbocycles. The zero-order valence-corrected chi connectivity index (χ0v) is 11.0. The van der Waals surface area contributed by atoms with Crippen molar-refractivity contribution in [1.29, 1.82) is 0 Å². The SMILES string of the molecule is Cc1ccc(C(N)CCC2CCCO2)cc1Cl. The Bertz CT molecular complexity index is 374. The van der Waals surface area contributed by atoms with Gasteiger partial charge in [-0.1, -0.05) is 23.7 Å². The fourth-order valence-electron chi connectivity index (χ4n) is 2.24. The summed E-state index contributed by atoms with van der Waals surface area (Å²) in [4.78, 5) is 0. The van der Waals surface area contributed by atoms with E-state index >= 15 is 0 Å². The minimum atomic E-state index is 0.0669. The predicted molar refractivity (Wildman–Crippen MR) is 71.3 cm³/mol. The summed E-state index contributed by atoms with van der Waals surface area (Å²) >= 11 is 6.10. The second-order valence-corrected chi connectivity index (χ2v) is 5.23. The third-order valence-corrected chi connectivity index (χ3v) is 3.85. The van der Waals surface area contributed by atoms with Crippen molar-refractivity contribution < 1.29 is 4.74 Å².